The lowest BCUT2D eigenvalue weighted by molar-refractivity contribution is 0.385. The smallest absolute Gasteiger partial charge is 0.140 e. The minimum atomic E-state index is 0.608. The van der Waals surface area contributed by atoms with E-state index in [0.29, 0.717) is 34.5 Å². The predicted molar refractivity (Wildman–Crippen MR) is 147 cm³/mol. The largest absolute Gasteiger partial charge is 0.496 e. The Morgan fingerprint density at radius 2 is 0.811 bits per heavy atom. The fourth-order valence-corrected chi connectivity index (χ4v) is 4.33. The fourth-order valence-electron chi connectivity index (χ4n) is 4.33. The molecule has 37 heavy (non-hydrogen) atoms. The third-order valence-electron chi connectivity index (χ3n) is 6.42. The van der Waals surface area contributed by atoms with E-state index in [1.165, 1.54) is 0 Å². The fraction of sp³-hybridized carbons (Fsp3) is 0.267. The Hall–Kier alpha value is -4.26. The highest BCUT2D eigenvalue weighted by Crippen LogP contribution is 2.43. The lowest BCUT2D eigenvalue weighted by Gasteiger charge is -2.19. The molecule has 7 heteroatoms. The number of nitrogens with one attached hydrogen (secondary N) is 1. The Morgan fingerprint density at radius 3 is 1.08 bits per heavy atom. The minimum absolute atomic E-state index is 0.608. The van der Waals surface area contributed by atoms with Crippen LogP contribution < -0.4 is 39.1 Å². The van der Waals surface area contributed by atoms with E-state index in [0.717, 1.165) is 44.1 Å². The highest BCUT2D eigenvalue weighted by molar-refractivity contribution is 5.97. The van der Waals surface area contributed by atoms with Crippen LogP contribution in [0.25, 0.3) is 22.9 Å². The van der Waals surface area contributed by atoms with Crippen LogP contribution in [0.5, 0.6) is 46.0 Å². The van der Waals surface area contributed by atoms with Gasteiger partial charge in [-0.2, -0.15) is 0 Å². The Kier molecular flexibility index (Phi) is 7.53. The van der Waals surface area contributed by atoms with Crippen LogP contribution in [0.2, 0.25) is 0 Å². The highest BCUT2D eigenvalue weighted by atomic mass is 16.5. The number of fused-ring (bicyclic) bond motifs is 1. The lowest BCUT2D eigenvalue weighted by Crippen LogP contribution is -2.08. The average Bonchev–Trinajstić information content (AvgIpc) is 3.31. The second-order valence-electron chi connectivity index (χ2n) is 8.49. The quantitative estimate of drug-likeness (QED) is 0.318. The van der Waals surface area contributed by atoms with Gasteiger partial charge in [-0.25, -0.2) is 0 Å². The van der Waals surface area contributed by atoms with E-state index in [4.69, 9.17) is 28.4 Å². The van der Waals surface area contributed by atoms with Gasteiger partial charge in [0, 0.05) is 47.1 Å². The summed E-state index contributed by atoms with van der Waals surface area (Å²) in [6.07, 6.45) is 4.06. The summed E-state index contributed by atoms with van der Waals surface area (Å²) in [5.41, 5.74) is 1.90. The summed E-state index contributed by atoms with van der Waals surface area (Å²) in [6, 6.07) is 11.0. The van der Waals surface area contributed by atoms with Crippen molar-refractivity contribution in [2.75, 3.05) is 28.4 Å². The molecule has 0 aliphatic carbocycles. The first-order valence-corrected chi connectivity index (χ1v) is 12.0. The van der Waals surface area contributed by atoms with Crippen molar-refractivity contribution in [2.24, 2.45) is 0 Å². The summed E-state index contributed by atoms with van der Waals surface area (Å²) < 4.78 is 34.9. The standard InChI is InChI=1S/C30H33NO6/c1-9-25-27-28(26(10-2)31-25)30(37-24-15-21(34-7)12-22(16-24)35-8)18(4)17(3)29(27)36-23-13-19(32-5)11-20(14-23)33-6/h9-16,31H,1-8H3/b25-9-,26-10-. The summed E-state index contributed by atoms with van der Waals surface area (Å²) in [5.74, 6) is 5.26. The Morgan fingerprint density at radius 1 is 0.514 bits per heavy atom. The van der Waals surface area contributed by atoms with Crippen LogP contribution in [0.3, 0.4) is 0 Å². The highest BCUT2D eigenvalue weighted by Gasteiger charge is 2.22. The molecule has 194 valence electrons. The molecular formula is C30H33NO6. The van der Waals surface area contributed by atoms with Gasteiger partial charge in [0.1, 0.15) is 46.0 Å². The molecule has 0 bridgehead atoms. The zero-order chi connectivity index (χ0) is 26.7. The van der Waals surface area contributed by atoms with Gasteiger partial charge >= 0.3 is 0 Å². The molecule has 1 heterocycles. The maximum absolute atomic E-state index is 6.56. The number of rotatable bonds is 8. The van der Waals surface area contributed by atoms with Crippen molar-refractivity contribution in [2.45, 2.75) is 27.7 Å². The van der Waals surface area contributed by atoms with Gasteiger partial charge in [0.2, 0.25) is 0 Å². The number of aromatic amines is 1. The van der Waals surface area contributed by atoms with Crippen LogP contribution in [0.1, 0.15) is 25.0 Å². The van der Waals surface area contributed by atoms with E-state index in [-0.39, 0.29) is 0 Å². The second-order valence-corrected chi connectivity index (χ2v) is 8.49. The topological polar surface area (TPSA) is 71.2 Å². The van der Waals surface area contributed by atoms with Gasteiger partial charge in [-0.3, -0.25) is 0 Å². The molecule has 0 amide bonds. The van der Waals surface area contributed by atoms with Gasteiger partial charge in [-0.1, -0.05) is 12.2 Å². The molecule has 3 aromatic carbocycles. The first-order valence-electron chi connectivity index (χ1n) is 12.0. The Bertz CT molecular complexity index is 1410. The number of benzene rings is 3. The number of aromatic nitrogens is 1. The van der Waals surface area contributed by atoms with E-state index in [2.05, 4.69) is 4.98 Å². The molecule has 0 saturated carbocycles. The van der Waals surface area contributed by atoms with Crippen molar-refractivity contribution in [3.05, 3.63) is 58.2 Å². The zero-order valence-electron chi connectivity index (χ0n) is 22.6. The Balaban J connectivity index is 1.98. The van der Waals surface area contributed by atoms with Gasteiger partial charge in [-0.05, 0) is 38.8 Å². The van der Waals surface area contributed by atoms with E-state index in [1.807, 2.05) is 76.2 Å². The maximum atomic E-state index is 6.56. The third-order valence-corrected chi connectivity index (χ3v) is 6.42. The summed E-state index contributed by atoms with van der Waals surface area (Å²) >= 11 is 0. The van der Waals surface area contributed by atoms with Crippen LogP contribution in [-0.4, -0.2) is 33.4 Å². The van der Waals surface area contributed by atoms with Crippen molar-refractivity contribution in [1.29, 1.82) is 0 Å². The molecule has 1 aromatic heterocycles. The number of methoxy groups -OCH3 is 4. The van der Waals surface area contributed by atoms with Crippen LogP contribution in [0.4, 0.5) is 0 Å². The SMILES string of the molecule is C/C=c1\[nH]/c(=C\C)c2c(Oc3cc(OC)cc(OC)c3)c(C)c(C)c(Oc3cc(OC)cc(OC)c3)c12. The van der Waals surface area contributed by atoms with Gasteiger partial charge in [0.05, 0.1) is 39.2 Å². The molecule has 0 aliphatic heterocycles. The van der Waals surface area contributed by atoms with Crippen LogP contribution in [-0.2, 0) is 0 Å². The molecule has 0 radical (unpaired) electrons. The van der Waals surface area contributed by atoms with E-state index in [9.17, 15) is 0 Å². The predicted octanol–water partition coefficient (Wildman–Crippen LogP) is 6.00. The number of H-pyrrole nitrogens is 1. The van der Waals surface area contributed by atoms with Gasteiger partial charge in [0.15, 0.2) is 0 Å². The van der Waals surface area contributed by atoms with Crippen molar-refractivity contribution < 1.29 is 28.4 Å². The normalized spacial score (nSPS) is 12.1. The van der Waals surface area contributed by atoms with Crippen LogP contribution >= 0.6 is 0 Å². The van der Waals surface area contributed by atoms with E-state index >= 15 is 0 Å². The molecular weight excluding hydrogens is 470 g/mol. The molecule has 0 unspecified atom stereocenters. The van der Waals surface area contributed by atoms with Gasteiger partial charge in [-0.15, -0.1) is 0 Å². The zero-order valence-corrected chi connectivity index (χ0v) is 22.6. The first-order chi connectivity index (χ1) is 17.9. The number of ether oxygens (including phenoxy) is 6. The molecule has 0 aliphatic rings. The van der Waals surface area contributed by atoms with Crippen molar-refractivity contribution >= 4 is 22.9 Å². The average molecular weight is 504 g/mol. The number of hydrogen-bond donors (Lipinski definition) is 1. The second kappa shape index (κ2) is 10.8. The van der Waals surface area contributed by atoms with Crippen LogP contribution in [0, 0.1) is 13.8 Å². The van der Waals surface area contributed by atoms with Gasteiger partial charge < -0.3 is 33.4 Å². The summed E-state index contributed by atoms with van der Waals surface area (Å²) in [7, 11) is 6.47. The molecule has 0 fully saturated rings. The summed E-state index contributed by atoms with van der Waals surface area (Å²) in [6.45, 7) is 8.04. The summed E-state index contributed by atoms with van der Waals surface area (Å²) in [5, 5.41) is 3.71. The first kappa shape index (κ1) is 25.8. The van der Waals surface area contributed by atoms with Gasteiger partial charge in [0.25, 0.3) is 0 Å². The molecule has 7 nitrogen and oxygen atoms in total. The lowest BCUT2D eigenvalue weighted by atomic mass is 10.0. The molecule has 0 saturated heterocycles. The number of hydrogen-bond acceptors (Lipinski definition) is 6. The van der Waals surface area contributed by atoms with Crippen molar-refractivity contribution in [3.63, 3.8) is 0 Å². The molecule has 4 rings (SSSR count). The van der Waals surface area contributed by atoms with Crippen LogP contribution in [0.15, 0.2) is 36.4 Å². The summed E-state index contributed by atoms with van der Waals surface area (Å²) in [4.78, 5) is 3.52. The minimum Gasteiger partial charge on any atom is -0.496 e. The monoisotopic (exact) mass is 503 g/mol. The molecule has 4 aromatic rings. The van der Waals surface area contributed by atoms with E-state index < -0.39 is 0 Å². The van der Waals surface area contributed by atoms with Crippen molar-refractivity contribution in [3.8, 4) is 46.0 Å². The Labute approximate surface area is 216 Å². The molecule has 1 N–H and O–H groups in total. The third kappa shape index (κ3) is 4.89. The molecule has 0 atom stereocenters. The van der Waals surface area contributed by atoms with E-state index in [1.54, 1.807) is 28.4 Å². The molecule has 0 spiro atoms. The maximum Gasteiger partial charge on any atom is 0.140 e. The van der Waals surface area contributed by atoms with Crippen molar-refractivity contribution in [1.82, 2.24) is 4.98 Å².